The van der Waals surface area contributed by atoms with Gasteiger partial charge in [0, 0.05) is 28.3 Å². The summed E-state index contributed by atoms with van der Waals surface area (Å²) in [6.45, 7) is 0.496. The molecule has 1 aliphatic rings. The van der Waals surface area contributed by atoms with Crippen LogP contribution in [0.15, 0.2) is 51.5 Å². The molecule has 0 spiro atoms. The third kappa shape index (κ3) is 4.29. The first-order chi connectivity index (χ1) is 14.0. The van der Waals surface area contributed by atoms with E-state index in [0.29, 0.717) is 24.7 Å². The van der Waals surface area contributed by atoms with Gasteiger partial charge in [-0.3, -0.25) is 0 Å². The van der Waals surface area contributed by atoms with Crippen molar-refractivity contribution >= 4 is 27.6 Å². The van der Waals surface area contributed by atoms with Gasteiger partial charge in [0.25, 0.3) is 0 Å². The Morgan fingerprint density at radius 2 is 1.93 bits per heavy atom. The van der Waals surface area contributed by atoms with Crippen molar-refractivity contribution in [3.8, 4) is 11.4 Å². The zero-order valence-electron chi connectivity index (χ0n) is 15.2. The Bertz CT molecular complexity index is 1030. The molecule has 0 aliphatic carbocycles. The summed E-state index contributed by atoms with van der Waals surface area (Å²) in [5, 5.41) is 6.65. The zero-order chi connectivity index (χ0) is 20.4. The van der Waals surface area contributed by atoms with Crippen LogP contribution < -0.4 is 5.32 Å². The van der Waals surface area contributed by atoms with Crippen LogP contribution in [0.2, 0.25) is 0 Å². The minimum Gasteiger partial charge on any atom is -0.337 e. The lowest BCUT2D eigenvalue weighted by Crippen LogP contribution is -2.41. The number of benzene rings is 2. The summed E-state index contributed by atoms with van der Waals surface area (Å²) in [5.41, 5.74) is 0.983. The number of carbonyl (C=O) groups is 1. The highest BCUT2D eigenvalue weighted by atomic mass is 79.9. The molecule has 2 heterocycles. The Hall–Kier alpha value is -2.81. The molecule has 3 aromatic rings. The Balaban J connectivity index is 1.53. The van der Waals surface area contributed by atoms with Gasteiger partial charge in [-0.15, -0.1) is 0 Å². The molecule has 1 fully saturated rings. The molecule has 2 amide bonds. The summed E-state index contributed by atoms with van der Waals surface area (Å²) in [6.07, 6.45) is 2.41. The van der Waals surface area contributed by atoms with Crippen LogP contribution in [0, 0.1) is 11.6 Å². The maximum Gasteiger partial charge on any atom is 0.322 e. The molecule has 4 rings (SSSR count). The number of nitrogens with zero attached hydrogens (tertiary/aromatic N) is 3. The number of anilines is 1. The van der Waals surface area contributed by atoms with Gasteiger partial charge in [0.2, 0.25) is 11.7 Å². The van der Waals surface area contributed by atoms with Crippen LogP contribution in [-0.2, 0) is 0 Å². The molecule has 1 saturated heterocycles. The van der Waals surface area contributed by atoms with Gasteiger partial charge in [-0.1, -0.05) is 21.1 Å². The second kappa shape index (κ2) is 8.28. The van der Waals surface area contributed by atoms with E-state index in [9.17, 15) is 13.6 Å². The van der Waals surface area contributed by atoms with E-state index in [1.807, 2.05) is 24.3 Å². The Kier molecular flexibility index (Phi) is 5.57. The summed E-state index contributed by atoms with van der Waals surface area (Å²) in [6, 6.07) is 9.93. The first-order valence-corrected chi connectivity index (χ1v) is 9.93. The fourth-order valence-electron chi connectivity index (χ4n) is 3.29. The van der Waals surface area contributed by atoms with Crippen molar-refractivity contribution in [2.45, 2.75) is 25.3 Å². The van der Waals surface area contributed by atoms with E-state index in [-0.39, 0.29) is 11.7 Å². The van der Waals surface area contributed by atoms with Crippen molar-refractivity contribution < 1.29 is 18.1 Å². The molecule has 0 radical (unpaired) electrons. The Morgan fingerprint density at radius 1 is 1.14 bits per heavy atom. The first kappa shape index (κ1) is 19.5. The molecule has 0 saturated carbocycles. The zero-order valence-corrected chi connectivity index (χ0v) is 16.8. The number of rotatable bonds is 3. The summed E-state index contributed by atoms with van der Waals surface area (Å²) in [7, 11) is 0. The van der Waals surface area contributed by atoms with Gasteiger partial charge in [0.05, 0.1) is 0 Å². The van der Waals surface area contributed by atoms with E-state index in [2.05, 4.69) is 31.4 Å². The molecule has 1 aliphatic heterocycles. The van der Waals surface area contributed by atoms with E-state index >= 15 is 0 Å². The fourth-order valence-corrected chi connectivity index (χ4v) is 3.55. The largest absolute Gasteiger partial charge is 0.337 e. The van der Waals surface area contributed by atoms with E-state index in [4.69, 9.17) is 4.52 Å². The number of piperidine rings is 1. The average molecular weight is 463 g/mol. The highest BCUT2D eigenvalue weighted by molar-refractivity contribution is 9.10. The number of halogens is 3. The number of aromatic nitrogens is 2. The van der Waals surface area contributed by atoms with E-state index < -0.39 is 17.7 Å². The molecule has 6 nitrogen and oxygen atoms in total. The van der Waals surface area contributed by atoms with Crippen molar-refractivity contribution in [2.24, 2.45) is 0 Å². The second-order valence-corrected chi connectivity index (χ2v) is 7.64. The van der Waals surface area contributed by atoms with Gasteiger partial charge in [-0.05, 0) is 55.7 Å². The number of likely N-dealkylation sites (tertiary alicyclic amines) is 1. The van der Waals surface area contributed by atoms with Gasteiger partial charge >= 0.3 is 6.03 Å². The molecule has 9 heteroatoms. The lowest BCUT2D eigenvalue weighted by atomic mass is 10.0. The van der Waals surface area contributed by atoms with Crippen LogP contribution in [0.5, 0.6) is 0 Å². The number of carbonyl (C=O) groups excluding carboxylic acids is 1. The minimum atomic E-state index is -1.02. The van der Waals surface area contributed by atoms with Crippen LogP contribution in [-0.4, -0.2) is 27.6 Å². The standard InChI is InChI=1S/C20H17BrF2N4O2/c21-13-6-4-12(5-7-13)18-25-19(29-26-18)17-3-1-2-10-27(17)20(28)24-14-8-9-15(22)16(23)11-14/h4-9,11,17H,1-3,10H2,(H,24,28). The number of hydrogen-bond donors (Lipinski definition) is 1. The number of nitrogens with one attached hydrogen (secondary N) is 1. The number of amides is 2. The summed E-state index contributed by atoms with van der Waals surface area (Å²) >= 11 is 3.39. The average Bonchev–Trinajstić information content (AvgIpc) is 3.21. The van der Waals surface area contributed by atoms with Crippen LogP contribution >= 0.6 is 15.9 Å². The van der Waals surface area contributed by atoms with E-state index in [0.717, 1.165) is 35.0 Å². The maximum absolute atomic E-state index is 13.4. The van der Waals surface area contributed by atoms with Crippen LogP contribution in [0.1, 0.15) is 31.2 Å². The fraction of sp³-hybridized carbons (Fsp3) is 0.250. The van der Waals surface area contributed by atoms with Crippen molar-refractivity contribution in [1.82, 2.24) is 15.0 Å². The highest BCUT2D eigenvalue weighted by Gasteiger charge is 2.32. The molecule has 2 aromatic carbocycles. The second-order valence-electron chi connectivity index (χ2n) is 6.73. The molecular formula is C20H17BrF2N4O2. The Morgan fingerprint density at radius 3 is 2.69 bits per heavy atom. The van der Waals surface area contributed by atoms with Gasteiger partial charge in [-0.25, -0.2) is 13.6 Å². The molecular weight excluding hydrogens is 446 g/mol. The Labute approximate surface area is 174 Å². The van der Waals surface area contributed by atoms with Gasteiger partial charge in [0.1, 0.15) is 6.04 Å². The van der Waals surface area contributed by atoms with Crippen molar-refractivity contribution in [2.75, 3.05) is 11.9 Å². The SMILES string of the molecule is O=C(Nc1ccc(F)c(F)c1)N1CCCCC1c1nc(-c2ccc(Br)cc2)no1. The van der Waals surface area contributed by atoms with Crippen LogP contribution in [0.4, 0.5) is 19.3 Å². The number of urea groups is 1. The number of hydrogen-bond acceptors (Lipinski definition) is 4. The highest BCUT2D eigenvalue weighted by Crippen LogP contribution is 2.32. The summed E-state index contributed by atoms with van der Waals surface area (Å²) in [5.74, 6) is -1.19. The monoisotopic (exact) mass is 462 g/mol. The normalized spacial score (nSPS) is 16.7. The molecule has 1 atom stereocenters. The van der Waals surface area contributed by atoms with Gasteiger partial charge in [0.15, 0.2) is 11.6 Å². The molecule has 1 unspecified atom stereocenters. The molecule has 1 N–H and O–H groups in total. The molecule has 1 aromatic heterocycles. The lowest BCUT2D eigenvalue weighted by Gasteiger charge is -2.33. The predicted molar refractivity (Wildman–Crippen MR) is 106 cm³/mol. The van der Waals surface area contributed by atoms with Crippen LogP contribution in [0.3, 0.4) is 0 Å². The lowest BCUT2D eigenvalue weighted by molar-refractivity contribution is 0.142. The van der Waals surface area contributed by atoms with E-state index in [1.54, 1.807) is 4.90 Å². The predicted octanol–water partition coefficient (Wildman–Crippen LogP) is 5.54. The molecule has 0 bridgehead atoms. The van der Waals surface area contributed by atoms with Crippen molar-refractivity contribution in [3.63, 3.8) is 0 Å². The van der Waals surface area contributed by atoms with Crippen LogP contribution in [0.25, 0.3) is 11.4 Å². The maximum atomic E-state index is 13.4. The van der Waals surface area contributed by atoms with Crippen molar-refractivity contribution in [1.29, 1.82) is 0 Å². The van der Waals surface area contributed by atoms with Gasteiger partial charge in [-0.2, -0.15) is 4.98 Å². The third-order valence-corrected chi connectivity index (χ3v) is 5.29. The summed E-state index contributed by atoms with van der Waals surface area (Å²) in [4.78, 5) is 18.8. The smallest absolute Gasteiger partial charge is 0.322 e. The summed E-state index contributed by atoms with van der Waals surface area (Å²) < 4.78 is 32.9. The van der Waals surface area contributed by atoms with Crippen molar-refractivity contribution in [3.05, 3.63) is 64.5 Å². The third-order valence-electron chi connectivity index (χ3n) is 4.76. The topological polar surface area (TPSA) is 71.3 Å². The first-order valence-electron chi connectivity index (χ1n) is 9.13. The molecule has 150 valence electrons. The quantitative estimate of drug-likeness (QED) is 0.554. The van der Waals surface area contributed by atoms with E-state index in [1.165, 1.54) is 6.07 Å². The van der Waals surface area contributed by atoms with Gasteiger partial charge < -0.3 is 14.7 Å². The molecule has 29 heavy (non-hydrogen) atoms. The minimum absolute atomic E-state index is 0.180.